The van der Waals surface area contributed by atoms with Crippen LogP contribution >= 0.6 is 0 Å². The second-order valence-corrected chi connectivity index (χ2v) is 24.9. The SMILES string of the molecule is CCN1CCN(CC)CCN(CC(=O)Nc2ccc(NC(=O)CCCCC(CCC(=O)Nc3ccc(NC(=O)CN4CCN(CC)CCN(CC)CCN(CC)CC4)cc3)NC(=O)c3ccc(N(Cc4cnc5nc(N)[nH]c(=O)c5n4)C(=O)C(F)(F)F)cc3)cc2)CCN(CC)CC1. The van der Waals surface area contributed by atoms with Gasteiger partial charge in [0.15, 0.2) is 11.2 Å². The molecule has 0 bridgehead atoms. The lowest BCUT2D eigenvalue weighted by Gasteiger charge is -2.33. The number of alkyl halides is 3. The number of rotatable bonds is 27. The Labute approximate surface area is 573 Å². The number of nitrogens with two attached hydrogens (primary N) is 1. The van der Waals surface area contributed by atoms with Crippen LogP contribution in [0.15, 0.2) is 83.8 Å². The van der Waals surface area contributed by atoms with E-state index in [0.717, 1.165) is 150 Å². The van der Waals surface area contributed by atoms with E-state index in [1.165, 1.54) is 24.3 Å². The summed E-state index contributed by atoms with van der Waals surface area (Å²) in [6, 6.07) is 18.0. The van der Waals surface area contributed by atoms with Gasteiger partial charge in [0.2, 0.25) is 29.6 Å². The van der Waals surface area contributed by atoms with Gasteiger partial charge in [-0.3, -0.25) is 53.2 Å². The third-order valence-electron chi connectivity index (χ3n) is 18.2. The van der Waals surface area contributed by atoms with E-state index >= 15 is 0 Å². The Morgan fingerprint density at radius 3 is 1.28 bits per heavy atom. The number of unbranched alkanes of at least 4 members (excludes halogenated alkanes) is 1. The van der Waals surface area contributed by atoms with Crippen molar-refractivity contribution in [3.63, 3.8) is 0 Å². The highest BCUT2D eigenvalue weighted by Gasteiger charge is 2.43. The molecule has 7 rings (SSSR count). The highest BCUT2D eigenvalue weighted by Crippen LogP contribution is 2.27. The molecule has 2 saturated heterocycles. The van der Waals surface area contributed by atoms with E-state index in [0.29, 0.717) is 46.9 Å². The molecule has 2 aromatic heterocycles. The number of hydrogen-bond donors (Lipinski definition) is 7. The number of aromatic nitrogens is 4. The van der Waals surface area contributed by atoms with Gasteiger partial charge in [0.25, 0.3) is 11.5 Å². The van der Waals surface area contributed by atoms with Gasteiger partial charge >= 0.3 is 12.1 Å². The van der Waals surface area contributed by atoms with Gasteiger partial charge in [-0.15, -0.1) is 0 Å². The summed E-state index contributed by atoms with van der Waals surface area (Å²) < 4.78 is 42.2. The van der Waals surface area contributed by atoms with Crippen molar-refractivity contribution < 1.29 is 41.9 Å². The Hall–Kier alpha value is -8.03. The van der Waals surface area contributed by atoms with E-state index < -0.39 is 36.1 Å². The van der Waals surface area contributed by atoms with Gasteiger partial charge in [-0.05, 0) is 131 Å². The summed E-state index contributed by atoms with van der Waals surface area (Å²) in [6.07, 6.45) is -2.81. The minimum Gasteiger partial charge on any atom is -0.369 e. The molecular formula is C69H102F3N19O7. The van der Waals surface area contributed by atoms with Crippen LogP contribution in [0.1, 0.15) is 96.1 Å². The van der Waals surface area contributed by atoms with E-state index in [2.05, 4.69) is 127 Å². The standard InChI is InChI=1S/C69H102F3N19O7/c1-7-83-31-35-85(9-3)39-43-89(44-40-86(10-4)36-32-83)49-61(94)77-55-23-19-53(20-24-55)75-59(92)16-14-13-15-52(80-65(96)51-17-28-58(29-18-51)91(67(98)69(70,71)72)48-57-47-74-64-63(79-57)66(97)82-68(73)81-64)27-30-60(93)76-54-21-25-56(26-22-54)78-62(95)50-90-45-41-87(11-5)37-33-84(8-2)34-38-88(12-6)42-46-90/h17-26,28-29,47,52H,7-16,27,30-46,48-50H2,1-6H3,(H,75,92)(H,76,93)(H,77,94)(H,78,95)(H,80,96)(H3,73,74,81,82,97). The van der Waals surface area contributed by atoms with E-state index in [-0.39, 0.29) is 90.0 Å². The molecule has 4 heterocycles. The molecule has 536 valence electrons. The first-order valence-electron chi connectivity index (χ1n) is 34.6. The van der Waals surface area contributed by atoms with Crippen molar-refractivity contribution in [1.82, 2.24) is 64.5 Å². The van der Waals surface area contributed by atoms with Crippen LogP contribution in [0, 0.1) is 0 Å². The maximum absolute atomic E-state index is 14.1. The number of hydrogen-bond acceptors (Lipinski definition) is 19. The average molecular weight is 1370 g/mol. The van der Waals surface area contributed by atoms with E-state index in [1.54, 1.807) is 48.5 Å². The molecule has 2 aliphatic rings. The zero-order valence-electron chi connectivity index (χ0n) is 57.9. The smallest absolute Gasteiger partial charge is 0.369 e. The second-order valence-electron chi connectivity index (χ2n) is 24.9. The number of nitrogens with one attached hydrogen (secondary N) is 6. The third kappa shape index (κ3) is 25.7. The number of benzene rings is 3. The lowest BCUT2D eigenvalue weighted by Crippen LogP contribution is -2.47. The van der Waals surface area contributed by atoms with Crippen molar-refractivity contribution in [1.29, 1.82) is 0 Å². The molecule has 8 N–H and O–H groups in total. The normalized spacial score (nSPS) is 16.7. The highest BCUT2D eigenvalue weighted by atomic mass is 19.4. The predicted molar refractivity (Wildman–Crippen MR) is 378 cm³/mol. The first kappa shape index (κ1) is 77.3. The molecule has 0 spiro atoms. The summed E-state index contributed by atoms with van der Waals surface area (Å²) in [5.41, 5.74) is 6.18. The zero-order valence-corrected chi connectivity index (χ0v) is 57.9. The monoisotopic (exact) mass is 1370 g/mol. The summed E-state index contributed by atoms with van der Waals surface area (Å²) in [7, 11) is 0. The molecule has 1 unspecified atom stereocenters. The molecule has 98 heavy (non-hydrogen) atoms. The van der Waals surface area contributed by atoms with Crippen LogP contribution in [-0.4, -0.2) is 264 Å². The molecule has 29 heteroatoms. The first-order chi connectivity index (χ1) is 47.1. The maximum Gasteiger partial charge on any atom is 0.471 e. The van der Waals surface area contributed by atoms with Crippen LogP contribution in [0.2, 0.25) is 0 Å². The van der Waals surface area contributed by atoms with E-state index in [1.807, 2.05) is 0 Å². The van der Waals surface area contributed by atoms with Crippen LogP contribution in [0.25, 0.3) is 11.2 Å². The Morgan fingerprint density at radius 1 is 0.510 bits per heavy atom. The molecule has 26 nitrogen and oxygen atoms in total. The summed E-state index contributed by atoms with van der Waals surface area (Å²) in [5.74, 6) is -3.98. The summed E-state index contributed by atoms with van der Waals surface area (Å²) >= 11 is 0. The fourth-order valence-corrected chi connectivity index (χ4v) is 11.9. The number of anilines is 6. The van der Waals surface area contributed by atoms with Gasteiger partial charge in [0, 0.05) is 158 Å². The van der Waals surface area contributed by atoms with Crippen LogP contribution in [-0.2, 0) is 30.5 Å². The summed E-state index contributed by atoms with van der Waals surface area (Å²) in [4.78, 5) is 127. The minimum absolute atomic E-state index is 0.0359. The fraction of sp³-hybridized carbons (Fsp3) is 0.565. The Morgan fingerprint density at radius 2 is 0.888 bits per heavy atom. The molecular weight excluding hydrogens is 1260 g/mol. The lowest BCUT2D eigenvalue weighted by molar-refractivity contribution is -0.170. The molecule has 2 aliphatic heterocycles. The highest BCUT2D eigenvalue weighted by molar-refractivity contribution is 5.99. The van der Waals surface area contributed by atoms with Crippen LogP contribution in [0.5, 0.6) is 0 Å². The number of likely N-dealkylation sites (N-methyl/N-ethyl adjacent to an activating group) is 6. The number of carbonyl (C=O) groups is 6. The van der Waals surface area contributed by atoms with Gasteiger partial charge in [-0.25, -0.2) is 9.97 Å². The number of carbonyl (C=O) groups excluding carboxylic acids is 6. The number of amides is 6. The second kappa shape index (κ2) is 39.5. The Bertz CT molecular complexity index is 3360. The first-order valence-corrected chi connectivity index (χ1v) is 34.6. The molecule has 1 atom stereocenters. The van der Waals surface area contributed by atoms with Crippen LogP contribution in [0.3, 0.4) is 0 Å². The lowest BCUT2D eigenvalue weighted by atomic mass is 10.0. The Kier molecular flexibility index (Phi) is 31.2. The maximum atomic E-state index is 14.1. The van der Waals surface area contributed by atoms with Gasteiger partial charge in [0.05, 0.1) is 31.5 Å². The number of halogens is 3. The number of nitrogen functional groups attached to an aromatic ring is 1. The van der Waals surface area contributed by atoms with E-state index in [9.17, 15) is 46.7 Å². The molecule has 0 aliphatic carbocycles. The van der Waals surface area contributed by atoms with Crippen LogP contribution < -0.4 is 42.8 Å². The molecule has 6 amide bonds. The molecule has 5 aromatic rings. The van der Waals surface area contributed by atoms with Crippen molar-refractivity contribution >= 4 is 81.0 Å². The van der Waals surface area contributed by atoms with Gasteiger partial charge in [0.1, 0.15) is 0 Å². The predicted octanol–water partition coefficient (Wildman–Crippen LogP) is 5.55. The molecule has 0 saturated carbocycles. The van der Waals surface area contributed by atoms with Crippen molar-refractivity contribution in [2.24, 2.45) is 0 Å². The number of H-pyrrole nitrogens is 1. The fourth-order valence-electron chi connectivity index (χ4n) is 11.9. The van der Waals surface area contributed by atoms with E-state index in [4.69, 9.17) is 5.73 Å². The number of nitrogens with zero attached hydrogens (tertiary/aromatic N) is 12. The van der Waals surface area contributed by atoms with Crippen molar-refractivity contribution in [3.05, 3.63) is 101 Å². The molecule has 0 radical (unpaired) electrons. The topological polar surface area (TPSA) is 289 Å². The van der Waals surface area contributed by atoms with Crippen molar-refractivity contribution in [3.8, 4) is 0 Å². The number of aromatic amines is 1. The Balaban J connectivity index is 0.951. The van der Waals surface area contributed by atoms with Crippen LogP contribution in [0.4, 0.5) is 47.6 Å². The quantitative estimate of drug-likeness (QED) is 0.0317. The number of fused-ring (bicyclic) bond motifs is 1. The average Bonchev–Trinajstić information content (AvgIpc) is 0.800. The van der Waals surface area contributed by atoms with Gasteiger partial charge < -0.3 is 61.7 Å². The largest absolute Gasteiger partial charge is 0.471 e. The molecule has 3 aromatic carbocycles. The molecule has 2 fully saturated rings. The minimum atomic E-state index is -5.32. The van der Waals surface area contributed by atoms with Crippen molar-refractivity contribution in [2.45, 2.75) is 98.8 Å². The van der Waals surface area contributed by atoms with Gasteiger partial charge in [-0.1, -0.05) is 48.0 Å². The van der Waals surface area contributed by atoms with Crippen molar-refractivity contribution in [2.75, 3.05) is 189 Å². The summed E-state index contributed by atoms with van der Waals surface area (Å²) in [5, 5.41) is 14.8. The van der Waals surface area contributed by atoms with Gasteiger partial charge in [-0.2, -0.15) is 18.2 Å². The third-order valence-corrected chi connectivity index (χ3v) is 18.2. The summed E-state index contributed by atoms with van der Waals surface area (Å²) in [6.45, 7) is 33.0. The zero-order chi connectivity index (χ0) is 70.6.